The largest absolute Gasteiger partial charge is 0.319 e. The summed E-state index contributed by atoms with van der Waals surface area (Å²) in [6.07, 6.45) is 1.11. The number of hydrogen-bond donors (Lipinski definition) is 1. The van der Waals surface area contributed by atoms with Gasteiger partial charge in [-0.1, -0.05) is 24.3 Å². The number of benzene rings is 1. The zero-order valence-electron chi connectivity index (χ0n) is 12.5. The van der Waals surface area contributed by atoms with Crippen LogP contribution >= 0.6 is 0 Å². The molecule has 1 aliphatic heterocycles. The van der Waals surface area contributed by atoms with Gasteiger partial charge in [0.1, 0.15) is 0 Å². The predicted molar refractivity (Wildman–Crippen MR) is 81.4 cm³/mol. The maximum absolute atomic E-state index is 3.19. The third-order valence-corrected chi connectivity index (χ3v) is 4.14. The first kappa shape index (κ1) is 14.5. The molecule has 2 rings (SSSR count). The highest BCUT2D eigenvalue weighted by atomic mass is 15.3. The summed E-state index contributed by atoms with van der Waals surface area (Å²) >= 11 is 0. The minimum atomic E-state index is 0.670. The van der Waals surface area contributed by atoms with Gasteiger partial charge in [0.2, 0.25) is 0 Å². The highest BCUT2D eigenvalue weighted by Crippen LogP contribution is 2.12. The summed E-state index contributed by atoms with van der Waals surface area (Å²) in [5, 5.41) is 3.19. The molecule has 106 valence electrons. The van der Waals surface area contributed by atoms with Crippen LogP contribution in [-0.2, 0) is 13.0 Å². The summed E-state index contributed by atoms with van der Waals surface area (Å²) < 4.78 is 0. The number of rotatable bonds is 5. The molecule has 1 fully saturated rings. The summed E-state index contributed by atoms with van der Waals surface area (Å²) in [6, 6.07) is 9.78. The first-order valence-corrected chi connectivity index (χ1v) is 7.34. The van der Waals surface area contributed by atoms with Gasteiger partial charge in [0, 0.05) is 32.2 Å². The third kappa shape index (κ3) is 4.30. The summed E-state index contributed by atoms with van der Waals surface area (Å²) in [5.74, 6) is 0. The standard InChI is InChI=1S/C16H27N3/c1-14-12-19(11-10-18(14)3)13-16-6-4-15(5-7-16)8-9-17-2/h4-7,14,17H,8-13H2,1-3H3. The summed E-state index contributed by atoms with van der Waals surface area (Å²) in [6.45, 7) is 7.99. The van der Waals surface area contributed by atoms with Crippen LogP contribution in [-0.4, -0.2) is 56.1 Å². The van der Waals surface area contributed by atoms with E-state index in [2.05, 4.69) is 53.4 Å². The maximum atomic E-state index is 3.19. The number of nitrogens with one attached hydrogen (secondary N) is 1. The van der Waals surface area contributed by atoms with Crippen molar-refractivity contribution < 1.29 is 0 Å². The predicted octanol–water partition coefficient (Wildman–Crippen LogP) is 1.58. The highest BCUT2D eigenvalue weighted by molar-refractivity contribution is 5.22. The Kier molecular flexibility index (Phi) is 5.37. The Balaban J connectivity index is 1.85. The van der Waals surface area contributed by atoms with E-state index in [1.807, 2.05) is 7.05 Å². The van der Waals surface area contributed by atoms with Gasteiger partial charge in [-0.15, -0.1) is 0 Å². The van der Waals surface area contributed by atoms with Crippen LogP contribution in [0.5, 0.6) is 0 Å². The van der Waals surface area contributed by atoms with Crippen molar-refractivity contribution in [3.05, 3.63) is 35.4 Å². The minimum Gasteiger partial charge on any atom is -0.319 e. The average molecular weight is 261 g/mol. The summed E-state index contributed by atoms with van der Waals surface area (Å²) in [5.41, 5.74) is 2.86. The average Bonchev–Trinajstić information content (AvgIpc) is 2.42. The molecule has 1 aliphatic rings. The van der Waals surface area contributed by atoms with Crippen LogP contribution < -0.4 is 5.32 Å². The topological polar surface area (TPSA) is 18.5 Å². The Morgan fingerprint density at radius 3 is 2.47 bits per heavy atom. The maximum Gasteiger partial charge on any atom is 0.0234 e. The van der Waals surface area contributed by atoms with E-state index in [4.69, 9.17) is 0 Å². The van der Waals surface area contributed by atoms with Crippen molar-refractivity contribution in [1.82, 2.24) is 15.1 Å². The van der Waals surface area contributed by atoms with Gasteiger partial charge in [-0.2, -0.15) is 0 Å². The Hall–Kier alpha value is -0.900. The Bertz CT molecular complexity index is 374. The minimum absolute atomic E-state index is 0.670. The van der Waals surface area contributed by atoms with Gasteiger partial charge in [-0.25, -0.2) is 0 Å². The van der Waals surface area contributed by atoms with E-state index in [0.717, 1.165) is 19.5 Å². The van der Waals surface area contributed by atoms with E-state index in [0.29, 0.717) is 6.04 Å². The molecule has 0 radical (unpaired) electrons. The molecular formula is C16H27N3. The van der Waals surface area contributed by atoms with Gasteiger partial charge in [0.15, 0.2) is 0 Å². The lowest BCUT2D eigenvalue weighted by Crippen LogP contribution is -2.49. The number of hydrogen-bond acceptors (Lipinski definition) is 3. The summed E-state index contributed by atoms with van der Waals surface area (Å²) in [4.78, 5) is 5.00. The van der Waals surface area contributed by atoms with Gasteiger partial charge in [-0.05, 0) is 45.1 Å². The van der Waals surface area contributed by atoms with Crippen molar-refractivity contribution in [3.63, 3.8) is 0 Å². The molecule has 0 aromatic heterocycles. The van der Waals surface area contributed by atoms with Crippen molar-refractivity contribution in [2.24, 2.45) is 0 Å². The molecular weight excluding hydrogens is 234 g/mol. The van der Waals surface area contributed by atoms with Crippen LogP contribution in [0.4, 0.5) is 0 Å². The first-order valence-electron chi connectivity index (χ1n) is 7.34. The van der Waals surface area contributed by atoms with E-state index in [1.165, 1.54) is 30.8 Å². The first-order chi connectivity index (χ1) is 9.19. The molecule has 1 N–H and O–H groups in total. The van der Waals surface area contributed by atoms with Gasteiger partial charge in [-0.3, -0.25) is 4.90 Å². The van der Waals surface area contributed by atoms with Crippen LogP contribution in [0.2, 0.25) is 0 Å². The fourth-order valence-corrected chi connectivity index (χ4v) is 2.61. The van der Waals surface area contributed by atoms with Gasteiger partial charge in [0.25, 0.3) is 0 Å². The van der Waals surface area contributed by atoms with Crippen molar-refractivity contribution in [1.29, 1.82) is 0 Å². The summed E-state index contributed by atoms with van der Waals surface area (Å²) in [7, 11) is 4.22. The number of likely N-dealkylation sites (N-methyl/N-ethyl adjacent to an activating group) is 2. The molecule has 0 aliphatic carbocycles. The molecule has 0 amide bonds. The monoisotopic (exact) mass is 261 g/mol. The van der Waals surface area contributed by atoms with E-state index in [1.54, 1.807) is 0 Å². The smallest absolute Gasteiger partial charge is 0.0234 e. The lowest BCUT2D eigenvalue weighted by molar-refractivity contribution is 0.1000. The van der Waals surface area contributed by atoms with Crippen molar-refractivity contribution in [2.75, 3.05) is 40.3 Å². The van der Waals surface area contributed by atoms with Crippen LogP contribution in [0.3, 0.4) is 0 Å². The zero-order chi connectivity index (χ0) is 13.7. The molecule has 0 spiro atoms. The molecule has 1 saturated heterocycles. The van der Waals surface area contributed by atoms with Gasteiger partial charge >= 0.3 is 0 Å². The van der Waals surface area contributed by atoms with Gasteiger partial charge in [0.05, 0.1) is 0 Å². The van der Waals surface area contributed by atoms with E-state index < -0.39 is 0 Å². The number of nitrogens with zero attached hydrogens (tertiary/aromatic N) is 2. The third-order valence-electron chi connectivity index (χ3n) is 4.14. The van der Waals surface area contributed by atoms with Crippen LogP contribution in [0.15, 0.2) is 24.3 Å². The fourth-order valence-electron chi connectivity index (χ4n) is 2.61. The molecule has 1 unspecified atom stereocenters. The molecule has 1 heterocycles. The SMILES string of the molecule is CNCCc1ccc(CN2CCN(C)C(C)C2)cc1. The van der Waals surface area contributed by atoms with E-state index in [9.17, 15) is 0 Å². The lowest BCUT2D eigenvalue weighted by atomic mass is 10.1. The van der Waals surface area contributed by atoms with Crippen LogP contribution in [0.25, 0.3) is 0 Å². The van der Waals surface area contributed by atoms with Gasteiger partial charge < -0.3 is 10.2 Å². The Morgan fingerprint density at radius 2 is 1.84 bits per heavy atom. The number of piperazine rings is 1. The van der Waals surface area contributed by atoms with E-state index >= 15 is 0 Å². The second-order valence-corrected chi connectivity index (χ2v) is 5.73. The Labute approximate surface area is 117 Å². The molecule has 3 nitrogen and oxygen atoms in total. The fraction of sp³-hybridized carbons (Fsp3) is 0.625. The second-order valence-electron chi connectivity index (χ2n) is 5.73. The van der Waals surface area contributed by atoms with Crippen molar-refractivity contribution in [3.8, 4) is 0 Å². The molecule has 1 aromatic rings. The molecule has 3 heteroatoms. The highest BCUT2D eigenvalue weighted by Gasteiger charge is 2.20. The van der Waals surface area contributed by atoms with Crippen LogP contribution in [0, 0.1) is 0 Å². The quantitative estimate of drug-likeness (QED) is 0.868. The molecule has 19 heavy (non-hydrogen) atoms. The molecule has 0 saturated carbocycles. The van der Waals surface area contributed by atoms with Crippen molar-refractivity contribution >= 4 is 0 Å². The second kappa shape index (κ2) is 7.04. The zero-order valence-corrected chi connectivity index (χ0v) is 12.5. The Morgan fingerprint density at radius 1 is 1.16 bits per heavy atom. The normalized spacial score (nSPS) is 21.7. The lowest BCUT2D eigenvalue weighted by Gasteiger charge is -2.37. The molecule has 0 bridgehead atoms. The van der Waals surface area contributed by atoms with Crippen molar-refractivity contribution in [2.45, 2.75) is 25.9 Å². The van der Waals surface area contributed by atoms with E-state index in [-0.39, 0.29) is 0 Å². The van der Waals surface area contributed by atoms with Crippen LogP contribution in [0.1, 0.15) is 18.1 Å². The molecule has 1 aromatic carbocycles. The molecule has 1 atom stereocenters.